The van der Waals surface area contributed by atoms with Gasteiger partial charge < -0.3 is 4.74 Å². The van der Waals surface area contributed by atoms with Crippen LogP contribution in [0.3, 0.4) is 0 Å². The first-order chi connectivity index (χ1) is 8.08. The van der Waals surface area contributed by atoms with Crippen LogP contribution in [0.1, 0.15) is 32.6 Å². The Kier molecular flexibility index (Phi) is 3.56. The van der Waals surface area contributed by atoms with Crippen molar-refractivity contribution in [1.82, 2.24) is 0 Å². The lowest BCUT2D eigenvalue weighted by Gasteiger charge is -2.40. The monoisotopic (exact) mass is 256 g/mol. The topological polar surface area (TPSA) is 60.4 Å². The van der Waals surface area contributed by atoms with Gasteiger partial charge in [0, 0.05) is 18.6 Å². The highest BCUT2D eigenvalue weighted by Gasteiger charge is 2.49. The van der Waals surface area contributed by atoms with Gasteiger partial charge in [-0.25, -0.2) is 0 Å². The maximum atomic E-state index is 11.9. The SMILES string of the molecule is CCC(=O)C1C(=O)CC2(CCCSC2)OC1=O. The average Bonchev–Trinajstić information content (AvgIpc) is 2.28. The Morgan fingerprint density at radius 3 is 2.82 bits per heavy atom. The van der Waals surface area contributed by atoms with E-state index in [1.165, 1.54) is 0 Å². The summed E-state index contributed by atoms with van der Waals surface area (Å²) >= 11 is 1.71. The first-order valence-corrected chi connectivity index (χ1v) is 7.09. The molecule has 0 bridgehead atoms. The number of hydrogen-bond acceptors (Lipinski definition) is 5. The van der Waals surface area contributed by atoms with Crippen molar-refractivity contribution in [3.8, 4) is 0 Å². The summed E-state index contributed by atoms with van der Waals surface area (Å²) in [6.45, 7) is 1.66. The van der Waals surface area contributed by atoms with Gasteiger partial charge in [-0.3, -0.25) is 14.4 Å². The van der Waals surface area contributed by atoms with Crippen molar-refractivity contribution in [2.75, 3.05) is 11.5 Å². The van der Waals surface area contributed by atoms with E-state index in [1.807, 2.05) is 0 Å². The van der Waals surface area contributed by atoms with E-state index >= 15 is 0 Å². The van der Waals surface area contributed by atoms with Gasteiger partial charge in [-0.2, -0.15) is 11.8 Å². The second-order valence-electron chi connectivity index (χ2n) is 4.66. The molecule has 2 saturated heterocycles. The first-order valence-electron chi connectivity index (χ1n) is 5.94. The summed E-state index contributed by atoms with van der Waals surface area (Å²) in [6.07, 6.45) is 2.11. The molecule has 0 aromatic rings. The molecule has 2 aliphatic heterocycles. The van der Waals surface area contributed by atoms with Gasteiger partial charge in [0.1, 0.15) is 5.60 Å². The zero-order valence-corrected chi connectivity index (χ0v) is 10.7. The molecule has 0 radical (unpaired) electrons. The van der Waals surface area contributed by atoms with Crippen LogP contribution in [-0.2, 0) is 19.1 Å². The number of carbonyl (C=O) groups is 3. The highest BCUT2D eigenvalue weighted by molar-refractivity contribution is 7.99. The van der Waals surface area contributed by atoms with Gasteiger partial charge in [0.15, 0.2) is 17.5 Å². The third kappa shape index (κ3) is 2.39. The molecule has 2 heterocycles. The van der Waals surface area contributed by atoms with Gasteiger partial charge in [-0.05, 0) is 18.6 Å². The molecule has 0 aromatic carbocycles. The number of esters is 1. The molecular weight excluding hydrogens is 240 g/mol. The van der Waals surface area contributed by atoms with Crippen LogP contribution in [-0.4, -0.2) is 34.6 Å². The zero-order valence-electron chi connectivity index (χ0n) is 9.86. The fourth-order valence-corrected chi connectivity index (χ4v) is 3.59. The highest BCUT2D eigenvalue weighted by Crippen LogP contribution is 2.37. The van der Waals surface area contributed by atoms with E-state index in [9.17, 15) is 14.4 Å². The average molecular weight is 256 g/mol. The number of ketones is 2. The number of thioether (sulfide) groups is 1. The van der Waals surface area contributed by atoms with Gasteiger partial charge >= 0.3 is 5.97 Å². The van der Waals surface area contributed by atoms with Gasteiger partial charge in [-0.15, -0.1) is 0 Å². The smallest absolute Gasteiger partial charge is 0.324 e. The van der Waals surface area contributed by atoms with Crippen molar-refractivity contribution < 1.29 is 19.1 Å². The summed E-state index contributed by atoms with van der Waals surface area (Å²) in [5.74, 6) is -0.635. The molecule has 1 spiro atoms. The minimum absolute atomic E-state index is 0.202. The van der Waals surface area contributed by atoms with Crippen LogP contribution in [0.25, 0.3) is 0 Å². The number of ether oxygens (including phenoxy) is 1. The predicted octanol–water partition coefficient (Wildman–Crippen LogP) is 1.36. The molecule has 2 aliphatic rings. The van der Waals surface area contributed by atoms with Crippen molar-refractivity contribution in [3.63, 3.8) is 0 Å². The van der Waals surface area contributed by atoms with Crippen LogP contribution in [0.2, 0.25) is 0 Å². The van der Waals surface area contributed by atoms with Crippen molar-refractivity contribution in [1.29, 1.82) is 0 Å². The van der Waals surface area contributed by atoms with E-state index in [0.717, 1.165) is 18.6 Å². The van der Waals surface area contributed by atoms with Crippen molar-refractivity contribution in [2.24, 2.45) is 5.92 Å². The van der Waals surface area contributed by atoms with E-state index in [0.29, 0.717) is 5.75 Å². The Bertz CT molecular complexity index is 338. The van der Waals surface area contributed by atoms with Crippen molar-refractivity contribution in [3.05, 3.63) is 0 Å². The number of rotatable bonds is 2. The van der Waals surface area contributed by atoms with Crippen LogP contribution in [0, 0.1) is 5.92 Å². The molecule has 0 amide bonds. The van der Waals surface area contributed by atoms with E-state index in [-0.39, 0.29) is 24.4 Å². The Morgan fingerprint density at radius 2 is 2.29 bits per heavy atom. The normalized spacial score (nSPS) is 33.6. The summed E-state index contributed by atoms with van der Waals surface area (Å²) in [5, 5.41) is 0. The Balaban J connectivity index is 2.14. The van der Waals surface area contributed by atoms with Crippen molar-refractivity contribution >= 4 is 29.3 Å². The standard InChI is InChI=1S/C12H16O4S/c1-2-8(13)10-9(14)6-12(16-11(10)15)4-3-5-17-7-12/h10H,2-7H2,1H3. The molecule has 17 heavy (non-hydrogen) atoms. The van der Waals surface area contributed by atoms with Crippen LogP contribution < -0.4 is 0 Å². The minimum Gasteiger partial charge on any atom is -0.457 e. The molecular formula is C12H16O4S. The van der Waals surface area contributed by atoms with Crippen molar-refractivity contribution in [2.45, 2.75) is 38.2 Å². The van der Waals surface area contributed by atoms with E-state index in [1.54, 1.807) is 18.7 Å². The van der Waals surface area contributed by atoms with Gasteiger partial charge in [0.2, 0.25) is 0 Å². The molecule has 2 unspecified atom stereocenters. The minimum atomic E-state index is -1.16. The molecule has 94 valence electrons. The number of Topliss-reactive ketones (excluding diaryl/α,β-unsaturated/α-hetero) is 2. The molecule has 4 nitrogen and oxygen atoms in total. The summed E-state index contributed by atoms with van der Waals surface area (Å²) in [5.41, 5.74) is -0.623. The Morgan fingerprint density at radius 1 is 1.53 bits per heavy atom. The summed E-state index contributed by atoms with van der Waals surface area (Å²) in [6, 6.07) is 0. The van der Waals surface area contributed by atoms with Crippen LogP contribution >= 0.6 is 11.8 Å². The second kappa shape index (κ2) is 4.80. The number of carbonyl (C=O) groups excluding carboxylic acids is 3. The molecule has 0 saturated carbocycles. The van der Waals surface area contributed by atoms with Gasteiger partial charge in [0.25, 0.3) is 0 Å². The van der Waals surface area contributed by atoms with E-state index < -0.39 is 17.5 Å². The van der Waals surface area contributed by atoms with E-state index in [2.05, 4.69) is 0 Å². The van der Waals surface area contributed by atoms with Crippen LogP contribution in [0.4, 0.5) is 0 Å². The summed E-state index contributed by atoms with van der Waals surface area (Å²) in [4.78, 5) is 35.3. The lowest BCUT2D eigenvalue weighted by atomic mass is 9.83. The summed E-state index contributed by atoms with van der Waals surface area (Å²) in [7, 11) is 0. The third-order valence-electron chi connectivity index (χ3n) is 3.33. The quantitative estimate of drug-likeness (QED) is 0.551. The zero-order chi connectivity index (χ0) is 12.5. The third-order valence-corrected chi connectivity index (χ3v) is 4.64. The number of hydrogen-bond donors (Lipinski definition) is 0. The maximum absolute atomic E-state index is 11.9. The fraction of sp³-hybridized carbons (Fsp3) is 0.750. The maximum Gasteiger partial charge on any atom is 0.324 e. The summed E-state index contributed by atoms with van der Waals surface area (Å²) < 4.78 is 5.42. The highest BCUT2D eigenvalue weighted by atomic mass is 32.2. The molecule has 2 rings (SSSR count). The Hall–Kier alpha value is -0.840. The molecule has 0 N–H and O–H groups in total. The fourth-order valence-electron chi connectivity index (χ4n) is 2.42. The van der Waals surface area contributed by atoms with Gasteiger partial charge in [0.05, 0.1) is 0 Å². The molecule has 0 aromatic heterocycles. The molecule has 0 aliphatic carbocycles. The largest absolute Gasteiger partial charge is 0.457 e. The lowest BCUT2D eigenvalue weighted by Crippen LogP contribution is -2.52. The first kappa shape index (κ1) is 12.6. The van der Waals surface area contributed by atoms with Gasteiger partial charge in [-0.1, -0.05) is 6.92 Å². The molecule has 5 heteroatoms. The lowest BCUT2D eigenvalue weighted by molar-refractivity contribution is -0.176. The van der Waals surface area contributed by atoms with E-state index in [4.69, 9.17) is 4.74 Å². The predicted molar refractivity (Wildman–Crippen MR) is 63.8 cm³/mol. The van der Waals surface area contributed by atoms with Crippen LogP contribution in [0.5, 0.6) is 0 Å². The molecule has 2 fully saturated rings. The second-order valence-corrected chi connectivity index (χ2v) is 5.76. The van der Waals surface area contributed by atoms with Crippen LogP contribution in [0.15, 0.2) is 0 Å². The Labute approximate surface area is 104 Å². The molecule has 2 atom stereocenters.